The monoisotopic (exact) mass is 430 g/mol. The van der Waals surface area contributed by atoms with E-state index in [0.717, 1.165) is 44.1 Å². The fourth-order valence-corrected chi connectivity index (χ4v) is 6.55. The van der Waals surface area contributed by atoms with Crippen molar-refractivity contribution >= 4 is 15.9 Å². The zero-order chi connectivity index (χ0) is 21.4. The number of nitrogens with zero attached hydrogens (tertiary/aromatic N) is 3. The summed E-state index contributed by atoms with van der Waals surface area (Å²) in [7, 11) is -3.59. The van der Waals surface area contributed by atoms with Crippen LogP contribution in [0.25, 0.3) is 0 Å². The summed E-state index contributed by atoms with van der Waals surface area (Å²) >= 11 is 0. The Bertz CT molecular complexity index is 1020. The lowest BCUT2D eigenvalue weighted by Gasteiger charge is -2.43. The Hall–Kier alpha value is -2.19. The highest BCUT2D eigenvalue weighted by atomic mass is 32.2. The molecule has 162 valence electrons. The van der Waals surface area contributed by atoms with E-state index >= 15 is 0 Å². The molecule has 0 radical (unpaired) electrons. The molecule has 1 N–H and O–H groups in total. The Kier molecular flexibility index (Phi) is 5.72. The number of carbonyl (C=O) groups excluding carboxylic acids is 1. The molecule has 1 aliphatic heterocycles. The molecule has 1 amide bonds. The van der Waals surface area contributed by atoms with E-state index in [1.54, 1.807) is 18.2 Å². The van der Waals surface area contributed by atoms with Gasteiger partial charge in [0, 0.05) is 13.1 Å². The van der Waals surface area contributed by atoms with Crippen molar-refractivity contribution in [1.82, 2.24) is 19.4 Å². The number of hydrogen-bond donors (Lipinski definition) is 1. The van der Waals surface area contributed by atoms with Gasteiger partial charge in [0.1, 0.15) is 11.4 Å². The van der Waals surface area contributed by atoms with Gasteiger partial charge >= 0.3 is 0 Å². The maximum absolute atomic E-state index is 13.2. The van der Waals surface area contributed by atoms with Gasteiger partial charge in [-0.15, -0.1) is 0 Å². The molecule has 0 atom stereocenters. The van der Waals surface area contributed by atoms with E-state index in [2.05, 4.69) is 10.4 Å². The van der Waals surface area contributed by atoms with E-state index in [0.29, 0.717) is 24.5 Å². The molecule has 1 aliphatic carbocycles. The van der Waals surface area contributed by atoms with Crippen LogP contribution < -0.4 is 5.32 Å². The number of aromatic nitrogens is 2. The first-order valence-corrected chi connectivity index (χ1v) is 12.2. The molecule has 4 rings (SSSR count). The number of nitrogens with one attached hydrogen (secondary N) is 1. The van der Waals surface area contributed by atoms with E-state index in [4.69, 9.17) is 0 Å². The molecule has 1 aromatic heterocycles. The molecule has 7 nitrogen and oxygen atoms in total. The number of amides is 1. The number of aryl methyl sites for hydroxylation is 1. The van der Waals surface area contributed by atoms with Gasteiger partial charge in [-0.1, -0.05) is 36.8 Å². The van der Waals surface area contributed by atoms with Crippen LogP contribution in [0.2, 0.25) is 0 Å². The maximum atomic E-state index is 13.2. The Morgan fingerprint density at radius 2 is 1.73 bits per heavy atom. The molecule has 0 bridgehead atoms. The largest absolute Gasteiger partial charge is 0.345 e. The minimum absolute atomic E-state index is 0.0107. The van der Waals surface area contributed by atoms with Crippen LogP contribution in [0.15, 0.2) is 35.2 Å². The smallest absolute Gasteiger partial charge is 0.246 e. The zero-order valence-corrected chi connectivity index (χ0v) is 18.5. The summed E-state index contributed by atoms with van der Waals surface area (Å²) in [6, 6.07) is 10.0. The average molecular weight is 431 g/mol. The lowest BCUT2D eigenvalue weighted by molar-refractivity contribution is -0.125. The van der Waals surface area contributed by atoms with E-state index in [9.17, 15) is 13.2 Å². The maximum Gasteiger partial charge on any atom is 0.246 e. The summed E-state index contributed by atoms with van der Waals surface area (Å²) in [5.74, 6) is -0.147. The van der Waals surface area contributed by atoms with E-state index in [1.807, 2.05) is 30.3 Å². The van der Waals surface area contributed by atoms with Crippen molar-refractivity contribution in [3.8, 4) is 0 Å². The molecule has 2 fully saturated rings. The van der Waals surface area contributed by atoms with Crippen LogP contribution in [0.1, 0.15) is 55.5 Å². The number of sulfonamides is 1. The molecule has 2 aromatic rings. The van der Waals surface area contributed by atoms with E-state index in [-0.39, 0.29) is 22.9 Å². The number of rotatable bonds is 6. The zero-order valence-electron chi connectivity index (χ0n) is 17.7. The number of piperidine rings is 1. The average Bonchev–Trinajstić information content (AvgIpc) is 2.99. The third-order valence-electron chi connectivity index (χ3n) is 6.43. The summed E-state index contributed by atoms with van der Waals surface area (Å²) < 4.78 is 29.4. The molecule has 0 unspecified atom stereocenters. The summed E-state index contributed by atoms with van der Waals surface area (Å²) in [6.07, 6.45) is 5.73. The topological polar surface area (TPSA) is 84.3 Å². The van der Waals surface area contributed by atoms with Gasteiger partial charge in [0.15, 0.2) is 0 Å². The first kappa shape index (κ1) is 21.1. The van der Waals surface area contributed by atoms with Crippen LogP contribution in [0, 0.1) is 13.8 Å². The fraction of sp³-hybridized carbons (Fsp3) is 0.545. The van der Waals surface area contributed by atoms with Crippen LogP contribution in [-0.2, 0) is 26.9 Å². The number of hydrogen-bond acceptors (Lipinski definition) is 4. The molecular formula is C22H30N4O3S. The van der Waals surface area contributed by atoms with Gasteiger partial charge in [0.2, 0.25) is 15.9 Å². The third-order valence-corrected chi connectivity index (χ3v) is 8.59. The molecule has 2 heterocycles. The van der Waals surface area contributed by atoms with Crippen molar-refractivity contribution in [2.45, 2.75) is 69.4 Å². The Morgan fingerprint density at radius 1 is 1.07 bits per heavy atom. The second kappa shape index (κ2) is 8.15. The Labute approximate surface area is 178 Å². The van der Waals surface area contributed by atoms with Crippen LogP contribution in [0.4, 0.5) is 0 Å². The number of benzene rings is 1. The highest BCUT2D eigenvalue weighted by Crippen LogP contribution is 2.41. The van der Waals surface area contributed by atoms with Crippen molar-refractivity contribution < 1.29 is 13.2 Å². The predicted octanol–water partition coefficient (Wildman–Crippen LogP) is 2.87. The lowest BCUT2D eigenvalue weighted by Crippen LogP contribution is -2.51. The highest BCUT2D eigenvalue weighted by molar-refractivity contribution is 7.89. The molecule has 1 saturated carbocycles. The predicted molar refractivity (Wildman–Crippen MR) is 114 cm³/mol. The van der Waals surface area contributed by atoms with Gasteiger partial charge < -0.3 is 5.32 Å². The summed E-state index contributed by atoms with van der Waals surface area (Å²) in [5.41, 5.74) is 1.77. The van der Waals surface area contributed by atoms with Gasteiger partial charge in [-0.05, 0) is 51.5 Å². The van der Waals surface area contributed by atoms with E-state index in [1.165, 1.54) is 4.68 Å². The van der Waals surface area contributed by atoms with Gasteiger partial charge in [-0.2, -0.15) is 9.40 Å². The minimum Gasteiger partial charge on any atom is -0.345 e. The first-order valence-electron chi connectivity index (χ1n) is 10.7. The minimum atomic E-state index is -3.59. The third kappa shape index (κ3) is 3.78. The van der Waals surface area contributed by atoms with Crippen molar-refractivity contribution in [1.29, 1.82) is 0 Å². The first-order chi connectivity index (χ1) is 14.3. The normalized spacial score (nSPS) is 19.3. The summed E-state index contributed by atoms with van der Waals surface area (Å²) in [4.78, 5) is 13.1. The Balaban J connectivity index is 1.53. The van der Waals surface area contributed by atoms with Crippen molar-refractivity contribution in [2.75, 3.05) is 13.1 Å². The van der Waals surface area contributed by atoms with Crippen LogP contribution in [-0.4, -0.2) is 41.5 Å². The molecule has 0 spiro atoms. The van der Waals surface area contributed by atoms with Gasteiger partial charge in [-0.25, -0.2) is 8.42 Å². The van der Waals surface area contributed by atoms with Crippen molar-refractivity contribution in [3.63, 3.8) is 0 Å². The lowest BCUT2D eigenvalue weighted by atomic mass is 9.72. The Morgan fingerprint density at radius 3 is 2.33 bits per heavy atom. The quantitative estimate of drug-likeness (QED) is 0.764. The standard InChI is InChI=1S/C22H30N4O3S/c1-17-21(30(28,29)25-14-7-4-8-15-25)18(2)26(24-17)16-20(27)23-22(12-9-13-22)19-10-5-3-6-11-19/h3,5-6,10-11H,4,7-9,12-16H2,1-2H3,(H,23,27). The number of carbonyl (C=O) groups is 1. The van der Waals surface area contributed by atoms with Crippen molar-refractivity contribution in [3.05, 3.63) is 47.3 Å². The second-order valence-electron chi connectivity index (χ2n) is 8.47. The van der Waals surface area contributed by atoms with Crippen LogP contribution >= 0.6 is 0 Å². The SMILES string of the molecule is Cc1nn(CC(=O)NC2(c3ccccc3)CCC2)c(C)c1S(=O)(=O)N1CCCCC1. The molecular weight excluding hydrogens is 400 g/mol. The second-order valence-corrected chi connectivity index (χ2v) is 10.3. The van der Waals surface area contributed by atoms with E-state index < -0.39 is 10.0 Å². The van der Waals surface area contributed by atoms with Crippen LogP contribution in [0.3, 0.4) is 0 Å². The van der Waals surface area contributed by atoms with Gasteiger partial charge in [0.25, 0.3) is 0 Å². The highest BCUT2D eigenvalue weighted by Gasteiger charge is 2.40. The van der Waals surface area contributed by atoms with Gasteiger partial charge in [0.05, 0.1) is 16.9 Å². The van der Waals surface area contributed by atoms with Crippen LogP contribution in [0.5, 0.6) is 0 Å². The molecule has 30 heavy (non-hydrogen) atoms. The molecule has 8 heteroatoms. The fourth-order valence-electron chi connectivity index (χ4n) is 4.66. The molecule has 1 saturated heterocycles. The van der Waals surface area contributed by atoms with Gasteiger partial charge in [-0.3, -0.25) is 9.48 Å². The molecule has 2 aliphatic rings. The molecule has 1 aromatic carbocycles. The summed E-state index contributed by atoms with van der Waals surface area (Å²) in [5, 5.41) is 7.60. The van der Waals surface area contributed by atoms with Crippen molar-refractivity contribution in [2.24, 2.45) is 0 Å². The summed E-state index contributed by atoms with van der Waals surface area (Å²) in [6.45, 7) is 4.55.